The van der Waals surface area contributed by atoms with Crippen molar-refractivity contribution in [3.63, 3.8) is 0 Å². The molecule has 0 fully saturated rings. The van der Waals surface area contributed by atoms with Crippen molar-refractivity contribution >= 4 is 23.0 Å². The average Bonchev–Trinajstić information content (AvgIpc) is 2.76. The van der Waals surface area contributed by atoms with Crippen molar-refractivity contribution in [3.05, 3.63) is 84.2 Å². The molecule has 0 bridgehead atoms. The predicted molar refractivity (Wildman–Crippen MR) is 120 cm³/mol. The van der Waals surface area contributed by atoms with Crippen molar-refractivity contribution in [1.82, 2.24) is 9.88 Å². The van der Waals surface area contributed by atoms with E-state index in [1.165, 1.54) is 0 Å². The number of hydrogen-bond acceptors (Lipinski definition) is 4. The van der Waals surface area contributed by atoms with Gasteiger partial charge in [-0.1, -0.05) is 30.3 Å². The van der Waals surface area contributed by atoms with Gasteiger partial charge in [0.1, 0.15) is 11.5 Å². The first-order valence-corrected chi connectivity index (χ1v) is 9.91. The van der Waals surface area contributed by atoms with Gasteiger partial charge in [-0.05, 0) is 61.1 Å². The molecule has 2 aromatic carbocycles. The number of hydrogen-bond donors (Lipinski definition) is 1. The van der Waals surface area contributed by atoms with Gasteiger partial charge in [0.05, 0.1) is 31.6 Å². The third kappa shape index (κ3) is 5.93. The monoisotopic (exact) mass is 407 g/mol. The first-order valence-electron chi connectivity index (χ1n) is 9.50. The summed E-state index contributed by atoms with van der Waals surface area (Å²) in [6, 6.07) is 21.7. The highest BCUT2D eigenvalue weighted by Gasteiger charge is 2.14. The molecule has 29 heavy (non-hydrogen) atoms. The molecule has 3 aromatic rings. The molecule has 6 heteroatoms. The van der Waals surface area contributed by atoms with Crippen molar-refractivity contribution in [1.29, 1.82) is 0 Å². The minimum absolute atomic E-state index is 0.592. The van der Waals surface area contributed by atoms with E-state index in [4.69, 9.17) is 21.7 Å². The fourth-order valence-corrected chi connectivity index (χ4v) is 3.12. The van der Waals surface area contributed by atoms with Crippen LogP contribution in [0, 0.1) is 0 Å². The van der Waals surface area contributed by atoms with Crippen molar-refractivity contribution in [2.45, 2.75) is 20.0 Å². The second-order valence-corrected chi connectivity index (χ2v) is 6.77. The molecule has 0 aliphatic heterocycles. The number of benzene rings is 2. The number of nitrogens with zero attached hydrogens (tertiary/aromatic N) is 2. The number of para-hydroxylation sites is 2. The third-order valence-electron chi connectivity index (χ3n) is 4.33. The summed E-state index contributed by atoms with van der Waals surface area (Å²) in [4.78, 5) is 6.54. The molecule has 0 aliphatic carbocycles. The third-order valence-corrected chi connectivity index (χ3v) is 4.69. The van der Waals surface area contributed by atoms with E-state index in [0.717, 1.165) is 28.4 Å². The number of anilines is 1. The fourth-order valence-electron chi connectivity index (χ4n) is 2.88. The lowest BCUT2D eigenvalue weighted by molar-refractivity contribution is 0.341. The minimum atomic E-state index is 0.592. The normalized spacial score (nSPS) is 10.3. The molecule has 0 spiro atoms. The van der Waals surface area contributed by atoms with Gasteiger partial charge < -0.3 is 19.7 Å². The summed E-state index contributed by atoms with van der Waals surface area (Å²) in [5.41, 5.74) is 2.92. The maximum Gasteiger partial charge on any atom is 0.174 e. The van der Waals surface area contributed by atoms with Crippen LogP contribution >= 0.6 is 12.2 Å². The Kier molecular flexibility index (Phi) is 7.41. The molecular formula is C23H25N3O2S. The quantitative estimate of drug-likeness (QED) is 0.537. The van der Waals surface area contributed by atoms with E-state index in [2.05, 4.69) is 15.2 Å². The molecule has 0 atom stereocenters. The lowest BCUT2D eigenvalue weighted by Crippen LogP contribution is -2.34. The van der Waals surface area contributed by atoms with Crippen molar-refractivity contribution in [2.24, 2.45) is 0 Å². The Morgan fingerprint density at radius 3 is 2.45 bits per heavy atom. The van der Waals surface area contributed by atoms with Crippen molar-refractivity contribution in [2.75, 3.05) is 19.0 Å². The van der Waals surface area contributed by atoms with Crippen LogP contribution in [0.4, 0.5) is 5.69 Å². The van der Waals surface area contributed by atoms with Crippen LogP contribution in [0.25, 0.3) is 0 Å². The van der Waals surface area contributed by atoms with E-state index >= 15 is 0 Å². The Morgan fingerprint density at radius 2 is 1.76 bits per heavy atom. The van der Waals surface area contributed by atoms with E-state index < -0.39 is 0 Å². The molecule has 1 aromatic heterocycles. The molecule has 0 amide bonds. The molecular weight excluding hydrogens is 382 g/mol. The lowest BCUT2D eigenvalue weighted by Gasteiger charge is -2.26. The number of thiocarbonyl (C=S) groups is 1. The average molecular weight is 408 g/mol. The zero-order chi connectivity index (χ0) is 20.5. The summed E-state index contributed by atoms with van der Waals surface area (Å²) < 4.78 is 11.0. The molecule has 3 rings (SSSR count). The van der Waals surface area contributed by atoms with Crippen LogP contribution in [0.5, 0.6) is 11.5 Å². The van der Waals surface area contributed by atoms with Gasteiger partial charge >= 0.3 is 0 Å². The van der Waals surface area contributed by atoms with Gasteiger partial charge in [-0.25, -0.2) is 0 Å². The molecule has 0 saturated carbocycles. The molecule has 150 valence electrons. The largest absolute Gasteiger partial charge is 0.497 e. The smallest absolute Gasteiger partial charge is 0.174 e. The minimum Gasteiger partial charge on any atom is -0.497 e. The van der Waals surface area contributed by atoms with Gasteiger partial charge in [-0.3, -0.25) is 4.98 Å². The van der Waals surface area contributed by atoms with Crippen LogP contribution in [0.2, 0.25) is 0 Å². The Labute approximate surface area is 177 Å². The molecule has 0 unspecified atom stereocenters. The van der Waals surface area contributed by atoms with E-state index in [1.54, 1.807) is 13.3 Å². The zero-order valence-corrected chi connectivity index (χ0v) is 17.5. The molecule has 0 saturated heterocycles. The van der Waals surface area contributed by atoms with Crippen LogP contribution in [-0.4, -0.2) is 28.7 Å². The maximum absolute atomic E-state index is 5.75. The van der Waals surface area contributed by atoms with Gasteiger partial charge in [0.25, 0.3) is 0 Å². The van der Waals surface area contributed by atoms with E-state index in [1.807, 2.05) is 73.7 Å². The number of aromatic nitrogens is 1. The summed E-state index contributed by atoms with van der Waals surface area (Å²) in [5.74, 6) is 1.61. The molecule has 1 heterocycles. The van der Waals surface area contributed by atoms with Gasteiger partial charge in [-0.2, -0.15) is 0 Å². The van der Waals surface area contributed by atoms with Crippen LogP contribution in [0.1, 0.15) is 18.2 Å². The molecule has 5 nitrogen and oxygen atoms in total. The van der Waals surface area contributed by atoms with E-state index in [0.29, 0.717) is 24.8 Å². The number of methoxy groups -OCH3 is 1. The molecule has 0 aliphatic rings. The van der Waals surface area contributed by atoms with Gasteiger partial charge in [-0.15, -0.1) is 0 Å². The Bertz CT molecular complexity index is 917. The highest BCUT2D eigenvalue weighted by Crippen LogP contribution is 2.25. The van der Waals surface area contributed by atoms with Crippen LogP contribution < -0.4 is 14.8 Å². The Balaban J connectivity index is 1.80. The second-order valence-electron chi connectivity index (χ2n) is 6.38. The number of rotatable bonds is 8. The first kappa shape index (κ1) is 20.6. The highest BCUT2D eigenvalue weighted by molar-refractivity contribution is 7.80. The van der Waals surface area contributed by atoms with Crippen molar-refractivity contribution in [3.8, 4) is 11.5 Å². The Morgan fingerprint density at radius 1 is 1.00 bits per heavy atom. The SMILES string of the molecule is CCOc1ccccc1NC(=S)N(Cc1ccc(OC)cc1)Cc1ccccn1. The number of pyridine rings is 1. The molecule has 0 radical (unpaired) electrons. The maximum atomic E-state index is 5.75. The predicted octanol–water partition coefficient (Wildman–Crippen LogP) is 4.89. The van der Waals surface area contributed by atoms with Crippen LogP contribution in [-0.2, 0) is 13.1 Å². The molecule has 1 N–H and O–H groups in total. The summed E-state index contributed by atoms with van der Waals surface area (Å²) >= 11 is 5.75. The summed E-state index contributed by atoms with van der Waals surface area (Å²) in [6.45, 7) is 3.79. The topological polar surface area (TPSA) is 46.6 Å². The van der Waals surface area contributed by atoms with E-state index in [9.17, 15) is 0 Å². The van der Waals surface area contributed by atoms with Crippen molar-refractivity contribution < 1.29 is 9.47 Å². The first-order chi connectivity index (χ1) is 14.2. The summed E-state index contributed by atoms with van der Waals surface area (Å²) in [6.07, 6.45) is 1.79. The second kappa shape index (κ2) is 10.4. The van der Waals surface area contributed by atoms with Gasteiger partial charge in [0.2, 0.25) is 0 Å². The fraction of sp³-hybridized carbons (Fsp3) is 0.217. The zero-order valence-electron chi connectivity index (χ0n) is 16.7. The number of nitrogens with one attached hydrogen (secondary N) is 1. The van der Waals surface area contributed by atoms with Crippen LogP contribution in [0.3, 0.4) is 0 Å². The standard InChI is InChI=1S/C23H25N3O2S/c1-3-28-22-10-5-4-9-21(22)25-23(29)26(17-19-8-6-7-15-24-19)16-18-11-13-20(27-2)14-12-18/h4-15H,3,16-17H2,1-2H3,(H,25,29). The van der Waals surface area contributed by atoms with Gasteiger partial charge in [0, 0.05) is 12.7 Å². The lowest BCUT2D eigenvalue weighted by atomic mass is 10.2. The van der Waals surface area contributed by atoms with Gasteiger partial charge in [0.15, 0.2) is 5.11 Å². The summed E-state index contributed by atoms with van der Waals surface area (Å²) in [5, 5.41) is 3.95. The Hall–Kier alpha value is -3.12. The highest BCUT2D eigenvalue weighted by atomic mass is 32.1. The summed E-state index contributed by atoms with van der Waals surface area (Å²) in [7, 11) is 1.66. The van der Waals surface area contributed by atoms with Crippen LogP contribution in [0.15, 0.2) is 72.9 Å². The number of ether oxygens (including phenoxy) is 2. The van der Waals surface area contributed by atoms with E-state index in [-0.39, 0.29) is 0 Å².